The van der Waals surface area contributed by atoms with Gasteiger partial charge in [0, 0.05) is 4.88 Å². The molecule has 138 valence electrons. The van der Waals surface area contributed by atoms with Gasteiger partial charge in [-0.15, -0.1) is 11.3 Å². The largest absolute Gasteiger partial charge is 0.461 e. The van der Waals surface area contributed by atoms with E-state index in [1.165, 1.54) is 0 Å². The first kappa shape index (κ1) is 19.8. The summed E-state index contributed by atoms with van der Waals surface area (Å²) in [5, 5.41) is 1.97. The molecule has 2 aromatic rings. The molecule has 0 bridgehead atoms. The Balaban J connectivity index is 1.74. The molecule has 1 aliphatic rings. The van der Waals surface area contributed by atoms with Crippen molar-refractivity contribution in [2.45, 2.75) is 27.1 Å². The third-order valence-corrected chi connectivity index (χ3v) is 6.47. The van der Waals surface area contributed by atoms with Crippen LogP contribution in [-0.4, -0.2) is 5.97 Å². The molecule has 0 radical (unpaired) electrons. The Morgan fingerprint density at radius 2 is 2.08 bits per heavy atom. The first-order chi connectivity index (χ1) is 12.4. The molecule has 0 amide bonds. The van der Waals surface area contributed by atoms with E-state index in [0.29, 0.717) is 5.56 Å². The second-order valence-electron chi connectivity index (χ2n) is 6.94. The molecule has 0 N–H and O–H groups in total. The summed E-state index contributed by atoms with van der Waals surface area (Å²) in [5.74, 6) is -0.285. The number of esters is 1. The molecule has 0 saturated heterocycles. The van der Waals surface area contributed by atoms with Gasteiger partial charge < -0.3 is 4.74 Å². The van der Waals surface area contributed by atoms with Gasteiger partial charge in [-0.25, -0.2) is 4.39 Å². The second kappa shape index (κ2) is 7.95. The van der Waals surface area contributed by atoms with Crippen LogP contribution in [0.2, 0.25) is 0 Å². The number of carbonyl (C=O) groups excluding carboxylic acids is 1. The van der Waals surface area contributed by atoms with Gasteiger partial charge in [0.15, 0.2) is 0 Å². The van der Waals surface area contributed by atoms with Gasteiger partial charge >= 0.3 is 5.97 Å². The summed E-state index contributed by atoms with van der Waals surface area (Å²) in [6.45, 7) is 3.61. The fraction of sp³-hybridized carbons (Fsp3) is 0.350. The van der Waals surface area contributed by atoms with Crippen LogP contribution in [0, 0.1) is 17.3 Å². The number of thiophene rings is 1. The Labute approximate surface area is 173 Å². The summed E-state index contributed by atoms with van der Waals surface area (Å²) in [5.41, 5.74) is 2.05. The quantitative estimate of drug-likeness (QED) is 0.405. The van der Waals surface area contributed by atoms with E-state index in [9.17, 15) is 9.18 Å². The number of rotatable bonds is 6. The van der Waals surface area contributed by atoms with Gasteiger partial charge in [-0.1, -0.05) is 44.2 Å². The first-order valence-electron chi connectivity index (χ1n) is 8.26. The Bertz CT molecular complexity index is 826. The minimum atomic E-state index is -0.586. The van der Waals surface area contributed by atoms with E-state index in [1.54, 1.807) is 11.3 Å². The maximum Gasteiger partial charge on any atom is 0.310 e. The van der Waals surface area contributed by atoms with E-state index in [2.05, 4.69) is 31.9 Å². The SMILES string of the molecule is CC1(C)[C@H](C(=O)OCc2cccc(-c3cccs3)c2CF)[C@@H]1C=C(Br)Br. The normalized spacial score (nSPS) is 20.5. The number of halogens is 3. The minimum absolute atomic E-state index is 0.0931. The van der Waals surface area contributed by atoms with Crippen LogP contribution in [0.5, 0.6) is 0 Å². The van der Waals surface area contributed by atoms with E-state index in [-0.39, 0.29) is 29.8 Å². The number of alkyl halides is 1. The van der Waals surface area contributed by atoms with Gasteiger partial charge in [-0.2, -0.15) is 0 Å². The van der Waals surface area contributed by atoms with E-state index >= 15 is 0 Å². The minimum Gasteiger partial charge on any atom is -0.461 e. The highest BCUT2D eigenvalue weighted by molar-refractivity contribution is 9.28. The molecule has 0 aliphatic heterocycles. The van der Waals surface area contributed by atoms with Gasteiger partial charge in [0.2, 0.25) is 0 Å². The van der Waals surface area contributed by atoms with Gasteiger partial charge in [0.1, 0.15) is 13.3 Å². The molecule has 1 aromatic carbocycles. The molecule has 0 unspecified atom stereocenters. The summed E-state index contributed by atoms with van der Waals surface area (Å²) < 4.78 is 20.1. The molecule has 1 aromatic heterocycles. The van der Waals surface area contributed by atoms with Gasteiger partial charge in [-0.3, -0.25) is 4.79 Å². The van der Waals surface area contributed by atoms with Crippen LogP contribution in [-0.2, 0) is 22.8 Å². The highest BCUT2D eigenvalue weighted by Gasteiger charge is 2.61. The maximum atomic E-state index is 13.7. The summed E-state index contributed by atoms with van der Waals surface area (Å²) >= 11 is 8.27. The van der Waals surface area contributed by atoms with E-state index < -0.39 is 6.67 Å². The molecule has 1 aliphatic carbocycles. The van der Waals surface area contributed by atoms with Gasteiger partial charge in [0.25, 0.3) is 0 Å². The predicted molar refractivity (Wildman–Crippen MR) is 111 cm³/mol. The van der Waals surface area contributed by atoms with Crippen molar-refractivity contribution >= 4 is 49.2 Å². The molecule has 1 saturated carbocycles. The lowest BCUT2D eigenvalue weighted by Gasteiger charge is -2.12. The summed E-state index contributed by atoms with van der Waals surface area (Å²) in [6, 6.07) is 9.52. The highest BCUT2D eigenvalue weighted by Crippen LogP contribution is 2.60. The van der Waals surface area contributed by atoms with Crippen molar-refractivity contribution < 1.29 is 13.9 Å². The standard InChI is InChI=1S/C20H19Br2FO2S/c1-20(2)15(9-17(21)22)18(20)19(24)25-11-12-5-3-6-13(14(12)10-23)16-7-4-8-26-16/h3-9,15,18H,10-11H2,1-2H3/t15-,18-/m0/s1. The van der Waals surface area contributed by atoms with Crippen molar-refractivity contribution in [1.29, 1.82) is 0 Å². The zero-order valence-electron chi connectivity index (χ0n) is 14.5. The molecule has 3 rings (SSSR count). The molecule has 1 heterocycles. The molecule has 2 nitrogen and oxygen atoms in total. The zero-order chi connectivity index (χ0) is 18.9. The van der Waals surface area contributed by atoms with E-state index in [0.717, 1.165) is 19.4 Å². The Morgan fingerprint density at radius 3 is 2.69 bits per heavy atom. The van der Waals surface area contributed by atoms with Crippen molar-refractivity contribution in [1.82, 2.24) is 0 Å². The zero-order valence-corrected chi connectivity index (χ0v) is 18.5. The number of benzene rings is 1. The topological polar surface area (TPSA) is 26.3 Å². The molecule has 1 fully saturated rings. The van der Waals surface area contributed by atoms with Crippen LogP contribution >= 0.6 is 43.2 Å². The second-order valence-corrected chi connectivity index (χ2v) is 10.7. The van der Waals surface area contributed by atoms with Crippen molar-refractivity contribution in [3.63, 3.8) is 0 Å². The average molecular weight is 502 g/mol. The van der Waals surface area contributed by atoms with Crippen molar-refractivity contribution in [3.05, 3.63) is 56.3 Å². The van der Waals surface area contributed by atoms with Crippen LogP contribution in [0.3, 0.4) is 0 Å². The Hall–Kier alpha value is -0.980. The average Bonchev–Trinajstić information content (AvgIpc) is 2.96. The fourth-order valence-electron chi connectivity index (χ4n) is 3.40. The van der Waals surface area contributed by atoms with Crippen LogP contribution in [0.15, 0.2) is 45.2 Å². The molecular formula is C20H19Br2FO2S. The monoisotopic (exact) mass is 500 g/mol. The summed E-state index contributed by atoms with van der Waals surface area (Å²) in [4.78, 5) is 13.5. The number of carbonyl (C=O) groups is 1. The fourth-order valence-corrected chi connectivity index (χ4v) is 4.75. The molecule has 6 heteroatoms. The van der Waals surface area contributed by atoms with Gasteiger partial charge in [-0.05, 0) is 71.3 Å². The third-order valence-electron chi connectivity index (χ3n) is 5.03. The number of ether oxygens (including phenoxy) is 1. The van der Waals surface area contributed by atoms with E-state index in [1.807, 2.05) is 55.6 Å². The van der Waals surface area contributed by atoms with Crippen LogP contribution in [0.4, 0.5) is 4.39 Å². The lowest BCUT2D eigenvalue weighted by Crippen LogP contribution is -2.11. The lowest BCUT2D eigenvalue weighted by atomic mass is 10.0. The first-order valence-corrected chi connectivity index (χ1v) is 10.7. The Kier molecular flexibility index (Phi) is 6.04. The van der Waals surface area contributed by atoms with Crippen molar-refractivity contribution in [3.8, 4) is 10.4 Å². The summed E-state index contributed by atoms with van der Waals surface area (Å²) in [7, 11) is 0. The maximum absolute atomic E-state index is 13.7. The third kappa shape index (κ3) is 3.97. The molecule has 26 heavy (non-hydrogen) atoms. The Morgan fingerprint density at radius 1 is 1.31 bits per heavy atom. The van der Waals surface area contributed by atoms with E-state index in [4.69, 9.17) is 4.74 Å². The van der Waals surface area contributed by atoms with Crippen LogP contribution in [0.25, 0.3) is 10.4 Å². The predicted octanol–water partition coefficient (Wildman–Crippen LogP) is 6.83. The molecule has 0 spiro atoms. The van der Waals surface area contributed by atoms with Crippen LogP contribution in [0.1, 0.15) is 25.0 Å². The number of hydrogen-bond acceptors (Lipinski definition) is 3. The van der Waals surface area contributed by atoms with Crippen molar-refractivity contribution in [2.24, 2.45) is 17.3 Å². The van der Waals surface area contributed by atoms with Crippen LogP contribution < -0.4 is 0 Å². The smallest absolute Gasteiger partial charge is 0.310 e. The number of hydrogen-bond donors (Lipinski definition) is 0. The van der Waals surface area contributed by atoms with Crippen molar-refractivity contribution in [2.75, 3.05) is 0 Å². The number of allylic oxidation sites excluding steroid dienone is 1. The highest BCUT2D eigenvalue weighted by atomic mass is 79.9. The van der Waals surface area contributed by atoms with Gasteiger partial charge in [0.05, 0.1) is 9.31 Å². The molecular weight excluding hydrogens is 483 g/mol. The lowest BCUT2D eigenvalue weighted by molar-refractivity contribution is -0.147. The summed E-state index contributed by atoms with van der Waals surface area (Å²) in [6.07, 6.45) is 1.98. The molecule has 2 atom stereocenters.